The number of ether oxygens (including phenoxy) is 3. The summed E-state index contributed by atoms with van der Waals surface area (Å²) in [6, 6.07) is 17.3. The Kier molecular flexibility index (Phi) is 9.75. The second kappa shape index (κ2) is 14.1. The molecule has 6 rings (SSSR count). The van der Waals surface area contributed by atoms with Crippen molar-refractivity contribution in [2.75, 3.05) is 75.4 Å². The number of hydrogen-bond donors (Lipinski definition) is 0. The van der Waals surface area contributed by atoms with Crippen molar-refractivity contribution in [1.29, 1.82) is 5.26 Å². The van der Waals surface area contributed by atoms with E-state index in [4.69, 9.17) is 24.2 Å². The van der Waals surface area contributed by atoms with E-state index in [-0.39, 0.29) is 18.6 Å². The van der Waals surface area contributed by atoms with Gasteiger partial charge in [-0.25, -0.2) is 4.79 Å². The van der Waals surface area contributed by atoms with Crippen molar-refractivity contribution in [3.63, 3.8) is 0 Å². The minimum atomic E-state index is -0.610. The number of morpholine rings is 1. The third-order valence-corrected chi connectivity index (χ3v) is 8.82. The molecule has 11 heteroatoms. The van der Waals surface area contributed by atoms with E-state index in [1.54, 1.807) is 4.90 Å². The Morgan fingerprint density at radius 2 is 1.83 bits per heavy atom. The van der Waals surface area contributed by atoms with E-state index in [0.717, 1.165) is 69.3 Å². The SMILES string of the molecule is CC(C)(C)OC(=O)N1CCN(c2nc(OCCCN3CCOCC3)nc3c2CCN(c2cccc4ccccc24)C3)CC1CC#N. The first-order valence-electron chi connectivity index (χ1n) is 16.5. The van der Waals surface area contributed by atoms with Crippen LogP contribution in [0.2, 0.25) is 0 Å². The molecule has 0 aliphatic carbocycles. The molecule has 0 radical (unpaired) electrons. The molecule has 3 aliphatic rings. The van der Waals surface area contributed by atoms with Crippen LogP contribution >= 0.6 is 0 Å². The van der Waals surface area contributed by atoms with Crippen LogP contribution in [0.5, 0.6) is 6.01 Å². The number of nitrogens with zero attached hydrogens (tertiary/aromatic N) is 7. The molecule has 0 N–H and O–H groups in total. The average molecular weight is 628 g/mol. The van der Waals surface area contributed by atoms with Crippen LogP contribution in [0.15, 0.2) is 42.5 Å². The first-order valence-corrected chi connectivity index (χ1v) is 16.5. The molecule has 1 unspecified atom stereocenters. The Hall–Kier alpha value is -4.14. The van der Waals surface area contributed by atoms with Gasteiger partial charge in [-0.15, -0.1) is 0 Å². The van der Waals surface area contributed by atoms with E-state index in [9.17, 15) is 10.1 Å². The summed E-state index contributed by atoms with van der Waals surface area (Å²) in [7, 11) is 0. The van der Waals surface area contributed by atoms with Gasteiger partial charge in [0, 0.05) is 62.5 Å². The van der Waals surface area contributed by atoms with Gasteiger partial charge in [0.25, 0.3) is 0 Å². The maximum absolute atomic E-state index is 13.1. The molecular weight excluding hydrogens is 582 g/mol. The van der Waals surface area contributed by atoms with Gasteiger partial charge in [-0.1, -0.05) is 36.4 Å². The number of benzene rings is 2. The van der Waals surface area contributed by atoms with E-state index in [2.05, 4.69) is 63.2 Å². The predicted octanol–water partition coefficient (Wildman–Crippen LogP) is 4.63. The molecule has 2 fully saturated rings. The van der Waals surface area contributed by atoms with Gasteiger partial charge in [-0.3, -0.25) is 4.90 Å². The van der Waals surface area contributed by atoms with E-state index >= 15 is 0 Å². The minimum Gasteiger partial charge on any atom is -0.463 e. The summed E-state index contributed by atoms with van der Waals surface area (Å²) in [5.74, 6) is 0.845. The van der Waals surface area contributed by atoms with Gasteiger partial charge < -0.3 is 28.9 Å². The molecule has 244 valence electrons. The van der Waals surface area contributed by atoms with Crippen LogP contribution in [0.4, 0.5) is 16.3 Å². The maximum atomic E-state index is 13.1. The summed E-state index contributed by atoms with van der Waals surface area (Å²) in [5, 5.41) is 12.1. The van der Waals surface area contributed by atoms with Crippen LogP contribution in [-0.4, -0.2) is 103 Å². The standard InChI is InChI=1S/C35H45N7O4/c1-35(2,3)46-34(43)42-18-17-41(24-27(42)12-14-36)32-29-13-16-40(31-11-6-9-26-8-4-5-10-28(26)31)25-30(29)37-33(38-32)45-21-7-15-39-19-22-44-23-20-39/h4-6,8-11,27H,7,12-13,15-25H2,1-3H3. The number of carbonyl (C=O) groups excluding carboxylic acids is 1. The van der Waals surface area contributed by atoms with Crippen LogP contribution in [0.25, 0.3) is 10.8 Å². The normalized spacial score (nSPS) is 19.1. The first-order chi connectivity index (χ1) is 22.3. The number of hydrogen-bond acceptors (Lipinski definition) is 10. The van der Waals surface area contributed by atoms with Crippen molar-refractivity contribution in [1.82, 2.24) is 19.8 Å². The highest BCUT2D eigenvalue weighted by Crippen LogP contribution is 2.35. The molecule has 3 aliphatic heterocycles. The summed E-state index contributed by atoms with van der Waals surface area (Å²) < 4.78 is 17.4. The van der Waals surface area contributed by atoms with Crippen molar-refractivity contribution < 1.29 is 19.0 Å². The molecule has 0 saturated carbocycles. The lowest BCUT2D eigenvalue weighted by molar-refractivity contribution is 0.0144. The fraction of sp³-hybridized carbons (Fsp3) is 0.543. The number of aromatic nitrogens is 2. The van der Waals surface area contributed by atoms with Crippen molar-refractivity contribution in [2.24, 2.45) is 0 Å². The zero-order valence-corrected chi connectivity index (χ0v) is 27.3. The second-order valence-electron chi connectivity index (χ2n) is 13.2. The molecule has 4 heterocycles. The molecule has 3 aromatic rings. The quantitative estimate of drug-likeness (QED) is 0.328. The second-order valence-corrected chi connectivity index (χ2v) is 13.2. The Morgan fingerprint density at radius 1 is 1.02 bits per heavy atom. The van der Waals surface area contributed by atoms with Gasteiger partial charge in [0.2, 0.25) is 0 Å². The molecule has 2 aromatic carbocycles. The zero-order chi connectivity index (χ0) is 32.1. The number of nitriles is 1. The van der Waals surface area contributed by atoms with Crippen molar-refractivity contribution in [3.8, 4) is 12.1 Å². The fourth-order valence-corrected chi connectivity index (χ4v) is 6.57. The van der Waals surface area contributed by atoms with E-state index < -0.39 is 5.60 Å². The van der Waals surface area contributed by atoms with E-state index in [1.807, 2.05) is 20.8 Å². The Bertz CT molecular complexity index is 1560. The van der Waals surface area contributed by atoms with Gasteiger partial charge in [0.1, 0.15) is 11.4 Å². The third-order valence-electron chi connectivity index (χ3n) is 8.82. The molecular formula is C35H45N7O4. The Balaban J connectivity index is 1.25. The highest BCUT2D eigenvalue weighted by molar-refractivity contribution is 5.94. The van der Waals surface area contributed by atoms with Gasteiger partial charge in [-0.2, -0.15) is 15.2 Å². The number of piperazine rings is 1. The lowest BCUT2D eigenvalue weighted by Gasteiger charge is -2.42. The zero-order valence-electron chi connectivity index (χ0n) is 27.3. The molecule has 11 nitrogen and oxygen atoms in total. The lowest BCUT2D eigenvalue weighted by Crippen LogP contribution is -2.56. The molecule has 2 saturated heterocycles. The summed E-state index contributed by atoms with van der Waals surface area (Å²) in [4.78, 5) is 31.7. The van der Waals surface area contributed by atoms with Crippen molar-refractivity contribution in [3.05, 3.63) is 53.7 Å². The molecule has 46 heavy (non-hydrogen) atoms. The summed E-state index contributed by atoms with van der Waals surface area (Å²) in [6.07, 6.45) is 1.48. The number of anilines is 2. The third kappa shape index (κ3) is 7.45. The van der Waals surface area contributed by atoms with E-state index in [0.29, 0.717) is 38.8 Å². The molecule has 1 atom stereocenters. The first kappa shape index (κ1) is 31.8. The average Bonchev–Trinajstić information content (AvgIpc) is 3.05. The number of carbonyl (C=O) groups is 1. The largest absolute Gasteiger partial charge is 0.463 e. The van der Waals surface area contributed by atoms with Crippen LogP contribution in [0, 0.1) is 11.3 Å². The topological polar surface area (TPSA) is 107 Å². The highest BCUT2D eigenvalue weighted by atomic mass is 16.6. The van der Waals surface area contributed by atoms with Gasteiger partial charge in [0.15, 0.2) is 0 Å². The number of rotatable bonds is 8. The van der Waals surface area contributed by atoms with E-state index in [1.165, 1.54) is 16.5 Å². The maximum Gasteiger partial charge on any atom is 0.410 e. The Labute approximate surface area is 271 Å². The van der Waals surface area contributed by atoms with Gasteiger partial charge in [-0.05, 0) is 45.1 Å². The monoisotopic (exact) mass is 627 g/mol. The predicted molar refractivity (Wildman–Crippen MR) is 177 cm³/mol. The number of fused-ring (bicyclic) bond motifs is 2. The van der Waals surface area contributed by atoms with Crippen LogP contribution in [0.3, 0.4) is 0 Å². The molecule has 0 bridgehead atoms. The molecule has 1 aromatic heterocycles. The highest BCUT2D eigenvalue weighted by Gasteiger charge is 2.36. The smallest absolute Gasteiger partial charge is 0.410 e. The summed E-state index contributed by atoms with van der Waals surface area (Å²) in [6.45, 7) is 13.5. The van der Waals surface area contributed by atoms with Crippen molar-refractivity contribution >= 4 is 28.4 Å². The summed E-state index contributed by atoms with van der Waals surface area (Å²) in [5.41, 5.74) is 2.65. The number of amides is 1. The van der Waals surface area contributed by atoms with Crippen molar-refractivity contribution in [2.45, 2.75) is 58.2 Å². The Morgan fingerprint density at radius 3 is 2.63 bits per heavy atom. The van der Waals surface area contributed by atoms with Crippen LogP contribution in [-0.2, 0) is 22.4 Å². The van der Waals surface area contributed by atoms with Crippen LogP contribution < -0.4 is 14.5 Å². The van der Waals surface area contributed by atoms with Gasteiger partial charge >= 0.3 is 12.1 Å². The van der Waals surface area contributed by atoms with Crippen LogP contribution in [0.1, 0.15) is 44.9 Å². The fourth-order valence-electron chi connectivity index (χ4n) is 6.57. The lowest BCUT2D eigenvalue weighted by atomic mass is 10.0. The molecule has 1 amide bonds. The van der Waals surface area contributed by atoms with Gasteiger partial charge in [0.05, 0.1) is 50.6 Å². The summed E-state index contributed by atoms with van der Waals surface area (Å²) >= 11 is 0. The molecule has 0 spiro atoms. The minimum absolute atomic E-state index is 0.211.